The van der Waals surface area contributed by atoms with Crippen molar-refractivity contribution in [2.45, 2.75) is 13.3 Å². The van der Waals surface area contributed by atoms with E-state index in [-0.39, 0.29) is 5.92 Å². The van der Waals surface area contributed by atoms with Gasteiger partial charge in [0.25, 0.3) is 0 Å². The fourth-order valence-corrected chi connectivity index (χ4v) is 2.42. The Labute approximate surface area is 98.0 Å². The standard InChI is InChI=1S/C12H23N3O/c1-10(11-8-13-9-11)12(16)15-5-3-4-14(2)6-7-15/h10-11,13H,3-9H2,1-2H3. The molecule has 1 atom stereocenters. The van der Waals surface area contributed by atoms with Crippen LogP contribution in [0.25, 0.3) is 0 Å². The summed E-state index contributed by atoms with van der Waals surface area (Å²) in [5, 5.41) is 3.24. The zero-order valence-corrected chi connectivity index (χ0v) is 10.4. The van der Waals surface area contributed by atoms with Gasteiger partial charge in [0, 0.05) is 25.6 Å². The fraction of sp³-hybridized carbons (Fsp3) is 0.917. The zero-order valence-electron chi connectivity index (χ0n) is 10.4. The van der Waals surface area contributed by atoms with Gasteiger partial charge in [-0.1, -0.05) is 6.92 Å². The first-order valence-corrected chi connectivity index (χ1v) is 6.36. The van der Waals surface area contributed by atoms with Crippen LogP contribution in [0.4, 0.5) is 0 Å². The molecule has 1 amide bonds. The van der Waals surface area contributed by atoms with E-state index in [1.165, 1.54) is 0 Å². The number of carbonyl (C=O) groups excluding carboxylic acids is 1. The second-order valence-electron chi connectivity index (χ2n) is 5.19. The molecular weight excluding hydrogens is 202 g/mol. The summed E-state index contributed by atoms with van der Waals surface area (Å²) in [7, 11) is 2.13. The lowest BCUT2D eigenvalue weighted by atomic mass is 9.88. The van der Waals surface area contributed by atoms with Crippen LogP contribution in [0.3, 0.4) is 0 Å². The van der Waals surface area contributed by atoms with Crippen molar-refractivity contribution >= 4 is 5.91 Å². The normalized spacial score (nSPS) is 26.0. The molecule has 92 valence electrons. The van der Waals surface area contributed by atoms with Crippen molar-refractivity contribution in [3.63, 3.8) is 0 Å². The smallest absolute Gasteiger partial charge is 0.225 e. The highest BCUT2D eigenvalue weighted by Gasteiger charge is 2.31. The van der Waals surface area contributed by atoms with Crippen LogP contribution >= 0.6 is 0 Å². The largest absolute Gasteiger partial charge is 0.341 e. The number of nitrogens with zero attached hydrogens (tertiary/aromatic N) is 2. The van der Waals surface area contributed by atoms with Crippen molar-refractivity contribution in [3.8, 4) is 0 Å². The highest BCUT2D eigenvalue weighted by Crippen LogP contribution is 2.19. The van der Waals surface area contributed by atoms with Gasteiger partial charge in [-0.3, -0.25) is 4.79 Å². The first-order valence-electron chi connectivity index (χ1n) is 6.36. The van der Waals surface area contributed by atoms with Crippen LogP contribution in [0, 0.1) is 11.8 Å². The number of nitrogens with one attached hydrogen (secondary N) is 1. The van der Waals surface area contributed by atoms with E-state index in [1.807, 2.05) is 0 Å². The van der Waals surface area contributed by atoms with Gasteiger partial charge in [0.2, 0.25) is 5.91 Å². The predicted molar refractivity (Wildman–Crippen MR) is 64.2 cm³/mol. The number of likely N-dealkylation sites (N-methyl/N-ethyl adjacent to an activating group) is 1. The van der Waals surface area contributed by atoms with Crippen molar-refractivity contribution in [1.82, 2.24) is 15.1 Å². The minimum atomic E-state index is 0.199. The molecule has 0 spiro atoms. The van der Waals surface area contributed by atoms with Gasteiger partial charge in [0.1, 0.15) is 0 Å². The number of rotatable bonds is 2. The molecule has 2 aliphatic rings. The van der Waals surface area contributed by atoms with Gasteiger partial charge in [-0.25, -0.2) is 0 Å². The van der Waals surface area contributed by atoms with Crippen LogP contribution in [-0.4, -0.2) is 62.0 Å². The van der Waals surface area contributed by atoms with E-state index in [0.717, 1.165) is 45.7 Å². The Morgan fingerprint density at radius 3 is 2.62 bits per heavy atom. The molecule has 2 aliphatic heterocycles. The second-order valence-corrected chi connectivity index (χ2v) is 5.19. The molecule has 1 N–H and O–H groups in total. The van der Waals surface area contributed by atoms with E-state index in [9.17, 15) is 4.79 Å². The summed E-state index contributed by atoms with van der Waals surface area (Å²) in [5.41, 5.74) is 0. The van der Waals surface area contributed by atoms with Gasteiger partial charge in [0.15, 0.2) is 0 Å². The van der Waals surface area contributed by atoms with Gasteiger partial charge in [-0.05, 0) is 39.0 Å². The maximum atomic E-state index is 12.3. The molecule has 4 nitrogen and oxygen atoms in total. The van der Waals surface area contributed by atoms with E-state index in [2.05, 4.69) is 29.1 Å². The van der Waals surface area contributed by atoms with Gasteiger partial charge in [-0.15, -0.1) is 0 Å². The average molecular weight is 225 g/mol. The predicted octanol–water partition coefficient (Wildman–Crippen LogP) is 0.00600. The molecule has 0 aromatic rings. The maximum absolute atomic E-state index is 12.3. The third-order valence-electron chi connectivity index (χ3n) is 3.94. The first kappa shape index (κ1) is 11.9. The summed E-state index contributed by atoms with van der Waals surface area (Å²) >= 11 is 0. The number of amides is 1. The Balaban J connectivity index is 1.87. The molecule has 2 fully saturated rings. The Morgan fingerprint density at radius 1 is 1.25 bits per heavy atom. The minimum absolute atomic E-state index is 0.199. The monoisotopic (exact) mass is 225 g/mol. The molecule has 0 bridgehead atoms. The van der Waals surface area contributed by atoms with Crippen molar-refractivity contribution in [2.24, 2.45) is 11.8 Å². The van der Waals surface area contributed by atoms with E-state index in [4.69, 9.17) is 0 Å². The van der Waals surface area contributed by atoms with Gasteiger partial charge in [-0.2, -0.15) is 0 Å². The van der Waals surface area contributed by atoms with Crippen molar-refractivity contribution < 1.29 is 4.79 Å². The Kier molecular flexibility index (Phi) is 3.82. The molecule has 2 saturated heterocycles. The lowest BCUT2D eigenvalue weighted by molar-refractivity contribution is -0.137. The van der Waals surface area contributed by atoms with Crippen LogP contribution in [0.5, 0.6) is 0 Å². The summed E-state index contributed by atoms with van der Waals surface area (Å²) in [5.74, 6) is 1.12. The van der Waals surface area contributed by atoms with Crippen LogP contribution in [0.2, 0.25) is 0 Å². The third kappa shape index (κ3) is 2.55. The molecule has 0 aromatic carbocycles. The van der Waals surface area contributed by atoms with Gasteiger partial charge < -0.3 is 15.1 Å². The quantitative estimate of drug-likeness (QED) is 0.719. The third-order valence-corrected chi connectivity index (χ3v) is 3.94. The summed E-state index contributed by atoms with van der Waals surface area (Å²) in [6.07, 6.45) is 1.11. The van der Waals surface area contributed by atoms with Crippen LogP contribution in [-0.2, 0) is 4.79 Å². The molecule has 0 saturated carbocycles. The molecule has 1 unspecified atom stereocenters. The van der Waals surface area contributed by atoms with Crippen molar-refractivity contribution in [1.29, 1.82) is 0 Å². The minimum Gasteiger partial charge on any atom is -0.341 e. The highest BCUT2D eigenvalue weighted by molar-refractivity contribution is 5.79. The first-order chi connectivity index (χ1) is 7.68. The van der Waals surface area contributed by atoms with Gasteiger partial charge >= 0.3 is 0 Å². The highest BCUT2D eigenvalue weighted by atomic mass is 16.2. The molecule has 0 radical (unpaired) electrons. The summed E-state index contributed by atoms with van der Waals surface area (Å²) in [6.45, 7) is 8.09. The molecule has 2 rings (SSSR count). The Bertz CT molecular complexity index is 253. The topological polar surface area (TPSA) is 35.6 Å². The molecule has 0 aromatic heterocycles. The van der Waals surface area contributed by atoms with Crippen LogP contribution in [0.1, 0.15) is 13.3 Å². The average Bonchev–Trinajstić information content (AvgIpc) is 2.39. The number of hydrogen-bond donors (Lipinski definition) is 1. The van der Waals surface area contributed by atoms with E-state index < -0.39 is 0 Å². The second kappa shape index (κ2) is 5.15. The Morgan fingerprint density at radius 2 is 2.00 bits per heavy atom. The maximum Gasteiger partial charge on any atom is 0.225 e. The van der Waals surface area contributed by atoms with Crippen molar-refractivity contribution in [2.75, 3.05) is 46.3 Å². The summed E-state index contributed by atoms with van der Waals surface area (Å²) in [6, 6.07) is 0. The van der Waals surface area contributed by atoms with Gasteiger partial charge in [0.05, 0.1) is 0 Å². The van der Waals surface area contributed by atoms with E-state index >= 15 is 0 Å². The molecule has 0 aliphatic carbocycles. The zero-order chi connectivity index (χ0) is 11.5. The molecule has 2 heterocycles. The molecule has 4 heteroatoms. The molecular formula is C12H23N3O. The lowest BCUT2D eigenvalue weighted by Crippen LogP contribution is -2.50. The van der Waals surface area contributed by atoms with Crippen molar-refractivity contribution in [3.05, 3.63) is 0 Å². The van der Waals surface area contributed by atoms with Crippen LogP contribution in [0.15, 0.2) is 0 Å². The fourth-order valence-electron chi connectivity index (χ4n) is 2.42. The summed E-state index contributed by atoms with van der Waals surface area (Å²) < 4.78 is 0. The number of carbonyl (C=O) groups is 1. The van der Waals surface area contributed by atoms with Crippen LogP contribution < -0.4 is 5.32 Å². The van der Waals surface area contributed by atoms with E-state index in [0.29, 0.717) is 11.8 Å². The lowest BCUT2D eigenvalue weighted by Gasteiger charge is -2.34. The number of hydrogen-bond acceptors (Lipinski definition) is 3. The Hall–Kier alpha value is -0.610. The molecule has 16 heavy (non-hydrogen) atoms. The SMILES string of the molecule is CC(C(=O)N1CCCN(C)CC1)C1CNC1. The summed E-state index contributed by atoms with van der Waals surface area (Å²) in [4.78, 5) is 16.6. The van der Waals surface area contributed by atoms with E-state index in [1.54, 1.807) is 0 Å².